The number of carbonyl (C=O) groups excluding carboxylic acids is 1. The zero-order chi connectivity index (χ0) is 13.1. The highest BCUT2D eigenvalue weighted by atomic mass is 35.5. The van der Waals surface area contributed by atoms with Gasteiger partial charge in [0, 0.05) is 24.3 Å². The van der Waals surface area contributed by atoms with Gasteiger partial charge in [-0.15, -0.1) is 24.8 Å². The number of halogens is 2. The Balaban J connectivity index is 0.00000180. The summed E-state index contributed by atoms with van der Waals surface area (Å²) < 4.78 is 5.44. The molecule has 20 heavy (non-hydrogen) atoms. The molecule has 2 heterocycles. The van der Waals surface area contributed by atoms with Gasteiger partial charge in [-0.3, -0.25) is 4.79 Å². The Morgan fingerprint density at radius 2 is 2.15 bits per heavy atom. The molecule has 7 heteroatoms. The van der Waals surface area contributed by atoms with Gasteiger partial charge in [-0.05, 0) is 32.4 Å². The number of nitrogens with two attached hydrogens (primary N) is 1. The molecule has 1 amide bonds. The lowest BCUT2D eigenvalue weighted by molar-refractivity contribution is 0.0927. The van der Waals surface area contributed by atoms with Gasteiger partial charge in [0.05, 0.1) is 0 Å². The van der Waals surface area contributed by atoms with Crippen LogP contribution in [0.5, 0.6) is 0 Å². The molecular weight excluding hydrogens is 301 g/mol. The third kappa shape index (κ3) is 4.67. The molecule has 0 aliphatic carbocycles. The van der Waals surface area contributed by atoms with Crippen LogP contribution in [0.4, 0.5) is 0 Å². The van der Waals surface area contributed by atoms with Crippen LogP contribution < -0.4 is 11.1 Å². The zero-order valence-corrected chi connectivity index (χ0v) is 13.0. The molecule has 2 aromatic rings. The number of aryl methyl sites for hydroxylation is 1. The molecule has 0 bridgehead atoms. The summed E-state index contributed by atoms with van der Waals surface area (Å²) in [4.78, 5) is 16.1. The van der Waals surface area contributed by atoms with Crippen LogP contribution in [0.15, 0.2) is 22.6 Å². The van der Waals surface area contributed by atoms with Crippen molar-refractivity contribution in [2.75, 3.05) is 6.54 Å². The van der Waals surface area contributed by atoms with Gasteiger partial charge >= 0.3 is 0 Å². The third-order valence-electron chi connectivity index (χ3n) is 2.62. The number of fused-ring (bicyclic) bond motifs is 1. The van der Waals surface area contributed by atoms with Crippen molar-refractivity contribution in [3.8, 4) is 0 Å². The predicted octanol–water partition coefficient (Wildman–Crippen LogP) is 2.45. The molecular formula is C13H19Cl2N3O2. The van der Waals surface area contributed by atoms with Gasteiger partial charge in [0.2, 0.25) is 0 Å². The molecule has 0 spiro atoms. The molecule has 0 aliphatic rings. The molecule has 112 valence electrons. The van der Waals surface area contributed by atoms with E-state index in [4.69, 9.17) is 10.2 Å². The average Bonchev–Trinajstić information content (AvgIpc) is 2.71. The first-order chi connectivity index (χ1) is 8.56. The Morgan fingerprint density at radius 3 is 2.80 bits per heavy atom. The minimum absolute atomic E-state index is 0. The van der Waals surface area contributed by atoms with E-state index in [0.717, 1.165) is 12.1 Å². The Bertz CT molecular complexity index is 570. The fraction of sp³-hybridized carbons (Fsp3) is 0.385. The minimum atomic E-state index is -0.230. The van der Waals surface area contributed by atoms with Gasteiger partial charge in [-0.2, -0.15) is 0 Å². The van der Waals surface area contributed by atoms with Crippen LogP contribution in [-0.2, 0) is 0 Å². The molecule has 0 radical (unpaired) electrons. The molecule has 0 aliphatic heterocycles. The minimum Gasteiger partial charge on any atom is -0.449 e. The summed E-state index contributed by atoms with van der Waals surface area (Å²) >= 11 is 0. The molecule has 0 saturated heterocycles. The smallest absolute Gasteiger partial charge is 0.287 e. The third-order valence-corrected chi connectivity index (χ3v) is 2.62. The maximum Gasteiger partial charge on any atom is 0.287 e. The van der Waals surface area contributed by atoms with Gasteiger partial charge in [0.15, 0.2) is 11.3 Å². The molecule has 3 N–H and O–H groups in total. The Kier molecular flexibility index (Phi) is 7.57. The van der Waals surface area contributed by atoms with Crippen molar-refractivity contribution in [1.82, 2.24) is 10.3 Å². The van der Waals surface area contributed by atoms with Crippen LogP contribution in [0.3, 0.4) is 0 Å². The first-order valence-corrected chi connectivity index (χ1v) is 5.97. The van der Waals surface area contributed by atoms with Gasteiger partial charge in [0.1, 0.15) is 5.52 Å². The van der Waals surface area contributed by atoms with Crippen LogP contribution in [0, 0.1) is 6.92 Å². The van der Waals surface area contributed by atoms with Crippen LogP contribution in [0.1, 0.15) is 29.6 Å². The molecule has 0 aromatic carbocycles. The van der Waals surface area contributed by atoms with Crippen molar-refractivity contribution in [2.24, 2.45) is 5.73 Å². The van der Waals surface area contributed by atoms with Crippen molar-refractivity contribution >= 4 is 41.8 Å². The summed E-state index contributed by atoms with van der Waals surface area (Å²) in [5.74, 6) is 0.0547. The van der Waals surface area contributed by atoms with E-state index in [1.165, 1.54) is 0 Å². The molecule has 0 fully saturated rings. The maximum atomic E-state index is 11.8. The lowest BCUT2D eigenvalue weighted by Crippen LogP contribution is -2.28. The van der Waals surface area contributed by atoms with Crippen molar-refractivity contribution in [3.63, 3.8) is 0 Å². The van der Waals surface area contributed by atoms with Crippen LogP contribution in [0.2, 0.25) is 0 Å². The highest BCUT2D eigenvalue weighted by Crippen LogP contribution is 2.17. The monoisotopic (exact) mass is 319 g/mol. The highest BCUT2D eigenvalue weighted by Gasteiger charge is 2.12. The van der Waals surface area contributed by atoms with E-state index in [1.54, 1.807) is 6.07 Å². The summed E-state index contributed by atoms with van der Waals surface area (Å²) in [6, 6.07) is 5.40. The lowest BCUT2D eigenvalue weighted by atomic mass is 10.2. The van der Waals surface area contributed by atoms with Crippen LogP contribution in [0.25, 0.3) is 11.1 Å². The zero-order valence-electron chi connectivity index (χ0n) is 11.4. The predicted molar refractivity (Wildman–Crippen MR) is 83.8 cm³/mol. The Hall–Kier alpha value is -1.30. The van der Waals surface area contributed by atoms with E-state index in [9.17, 15) is 4.79 Å². The van der Waals surface area contributed by atoms with Crippen LogP contribution in [-0.4, -0.2) is 23.5 Å². The number of rotatable bonds is 4. The fourth-order valence-electron chi connectivity index (χ4n) is 1.64. The molecule has 1 atom stereocenters. The number of amides is 1. The summed E-state index contributed by atoms with van der Waals surface area (Å²) in [5, 5.41) is 2.77. The first kappa shape index (κ1) is 18.7. The van der Waals surface area contributed by atoms with E-state index in [0.29, 0.717) is 17.6 Å². The largest absolute Gasteiger partial charge is 0.449 e. The Labute approximate surface area is 130 Å². The van der Waals surface area contributed by atoms with E-state index in [1.807, 2.05) is 26.0 Å². The quantitative estimate of drug-likeness (QED) is 0.907. The topological polar surface area (TPSA) is 81.2 Å². The van der Waals surface area contributed by atoms with Gasteiger partial charge in [-0.25, -0.2) is 4.98 Å². The molecule has 2 rings (SSSR count). The SMILES string of the molecule is Cc1ccc2oc(C(=O)NCCC(C)N)cc2n1.Cl.Cl. The number of hydrogen-bond donors (Lipinski definition) is 2. The number of nitrogens with zero attached hydrogens (tertiary/aromatic N) is 1. The standard InChI is InChI=1S/C13H17N3O2.2ClH/c1-8(14)5-6-15-13(17)12-7-10-11(18-12)4-3-9(2)16-10;;/h3-4,7-8H,5-6,14H2,1-2H3,(H,15,17);2*1H. The molecule has 1 unspecified atom stereocenters. The maximum absolute atomic E-state index is 11.8. The van der Waals surface area contributed by atoms with E-state index in [-0.39, 0.29) is 42.5 Å². The molecule has 2 aromatic heterocycles. The Morgan fingerprint density at radius 1 is 1.45 bits per heavy atom. The van der Waals surface area contributed by atoms with Crippen molar-refractivity contribution < 1.29 is 9.21 Å². The van der Waals surface area contributed by atoms with E-state index >= 15 is 0 Å². The summed E-state index contributed by atoms with van der Waals surface area (Å²) in [6.45, 7) is 4.34. The molecule has 5 nitrogen and oxygen atoms in total. The number of furan rings is 1. The second-order valence-electron chi connectivity index (χ2n) is 4.47. The number of carbonyl (C=O) groups is 1. The fourth-order valence-corrected chi connectivity index (χ4v) is 1.64. The van der Waals surface area contributed by atoms with Crippen molar-refractivity contribution in [3.05, 3.63) is 29.7 Å². The van der Waals surface area contributed by atoms with Gasteiger partial charge < -0.3 is 15.5 Å². The summed E-state index contributed by atoms with van der Waals surface area (Å²) in [7, 11) is 0. The van der Waals surface area contributed by atoms with Gasteiger partial charge in [-0.1, -0.05) is 0 Å². The normalized spacial score (nSPS) is 11.3. The van der Waals surface area contributed by atoms with Crippen molar-refractivity contribution in [2.45, 2.75) is 26.3 Å². The van der Waals surface area contributed by atoms with E-state index < -0.39 is 0 Å². The van der Waals surface area contributed by atoms with Gasteiger partial charge in [0.25, 0.3) is 5.91 Å². The second kappa shape index (κ2) is 8.09. The van der Waals surface area contributed by atoms with E-state index in [2.05, 4.69) is 10.3 Å². The molecule has 0 saturated carbocycles. The second-order valence-corrected chi connectivity index (χ2v) is 4.47. The summed E-state index contributed by atoms with van der Waals surface area (Å²) in [5.41, 5.74) is 7.83. The highest BCUT2D eigenvalue weighted by molar-refractivity contribution is 5.95. The number of nitrogens with one attached hydrogen (secondary N) is 1. The first-order valence-electron chi connectivity index (χ1n) is 5.97. The number of hydrogen-bond acceptors (Lipinski definition) is 4. The lowest BCUT2D eigenvalue weighted by Gasteiger charge is -2.05. The number of aromatic nitrogens is 1. The van der Waals surface area contributed by atoms with Crippen molar-refractivity contribution in [1.29, 1.82) is 0 Å². The summed E-state index contributed by atoms with van der Waals surface area (Å²) in [6.07, 6.45) is 0.739. The number of pyridine rings is 1. The van der Waals surface area contributed by atoms with Crippen LogP contribution >= 0.6 is 24.8 Å². The average molecular weight is 320 g/mol.